The van der Waals surface area contributed by atoms with E-state index in [1.807, 2.05) is 0 Å². The first-order valence-electron chi connectivity index (χ1n) is 5.50. The molecule has 2 aliphatic rings. The van der Waals surface area contributed by atoms with Gasteiger partial charge in [0.2, 0.25) is 5.91 Å². The average Bonchev–Trinajstić information content (AvgIpc) is 2.00. The number of hydrogen-bond acceptors (Lipinski definition) is 2. The van der Waals surface area contributed by atoms with E-state index in [1.54, 1.807) is 0 Å². The van der Waals surface area contributed by atoms with Crippen LogP contribution in [0.25, 0.3) is 0 Å². The summed E-state index contributed by atoms with van der Waals surface area (Å²) in [6.07, 6.45) is 5.81. The topological polar surface area (TPSA) is 49.3 Å². The van der Waals surface area contributed by atoms with Gasteiger partial charge in [-0.25, -0.2) is 0 Å². The molecule has 1 saturated carbocycles. The van der Waals surface area contributed by atoms with Crippen LogP contribution in [0.4, 0.5) is 0 Å². The molecule has 1 heterocycles. The van der Waals surface area contributed by atoms with Gasteiger partial charge in [-0.05, 0) is 31.1 Å². The molecule has 2 unspecified atom stereocenters. The van der Waals surface area contributed by atoms with Gasteiger partial charge < -0.3 is 10.4 Å². The van der Waals surface area contributed by atoms with Crippen molar-refractivity contribution in [3.05, 3.63) is 0 Å². The fraction of sp³-hybridized carbons (Fsp3) is 0.909. The Kier molecular flexibility index (Phi) is 2.30. The van der Waals surface area contributed by atoms with Crippen molar-refractivity contribution in [2.45, 2.75) is 51.0 Å². The van der Waals surface area contributed by atoms with Gasteiger partial charge in [0.15, 0.2) is 0 Å². The van der Waals surface area contributed by atoms with Gasteiger partial charge in [-0.1, -0.05) is 13.3 Å². The fourth-order valence-electron chi connectivity index (χ4n) is 3.32. The second kappa shape index (κ2) is 3.23. The van der Waals surface area contributed by atoms with Gasteiger partial charge in [-0.2, -0.15) is 0 Å². The number of hydrogen-bond donors (Lipinski definition) is 2. The number of piperidine rings is 1. The molecule has 1 aliphatic heterocycles. The number of fused-ring (bicyclic) bond motifs is 2. The molecule has 2 atom stereocenters. The van der Waals surface area contributed by atoms with E-state index in [-0.39, 0.29) is 23.5 Å². The van der Waals surface area contributed by atoms with Crippen LogP contribution < -0.4 is 5.32 Å². The van der Waals surface area contributed by atoms with Crippen LogP contribution in [-0.4, -0.2) is 23.2 Å². The maximum Gasteiger partial charge on any atom is 0.220 e. The van der Waals surface area contributed by atoms with Crippen LogP contribution in [0.2, 0.25) is 0 Å². The monoisotopic (exact) mass is 197 g/mol. The molecule has 1 aliphatic carbocycles. The minimum atomic E-state index is -0.0862. The summed E-state index contributed by atoms with van der Waals surface area (Å²) in [7, 11) is 0. The summed E-state index contributed by atoms with van der Waals surface area (Å²) < 4.78 is 0. The smallest absolute Gasteiger partial charge is 0.220 e. The summed E-state index contributed by atoms with van der Waals surface area (Å²) in [5.74, 6) is 0.173. The molecular weight excluding hydrogens is 178 g/mol. The first-order chi connectivity index (χ1) is 6.58. The zero-order chi connectivity index (χ0) is 10.2. The Balaban J connectivity index is 2.19. The van der Waals surface area contributed by atoms with Crippen molar-refractivity contribution < 1.29 is 9.90 Å². The average molecular weight is 197 g/mol. The van der Waals surface area contributed by atoms with Crippen molar-refractivity contribution >= 4 is 5.91 Å². The van der Waals surface area contributed by atoms with E-state index >= 15 is 0 Å². The summed E-state index contributed by atoms with van der Waals surface area (Å²) >= 11 is 0. The maximum atomic E-state index is 11.6. The van der Waals surface area contributed by atoms with Crippen molar-refractivity contribution in [2.24, 2.45) is 5.41 Å². The van der Waals surface area contributed by atoms with Gasteiger partial charge >= 0.3 is 0 Å². The molecule has 2 fully saturated rings. The zero-order valence-electron chi connectivity index (χ0n) is 8.81. The summed E-state index contributed by atoms with van der Waals surface area (Å²) in [5.41, 5.74) is 0.104. The first kappa shape index (κ1) is 9.97. The fourth-order valence-corrected chi connectivity index (χ4v) is 3.32. The third kappa shape index (κ3) is 1.65. The van der Waals surface area contributed by atoms with E-state index in [9.17, 15) is 4.79 Å². The second-order valence-corrected chi connectivity index (χ2v) is 5.32. The molecule has 3 heteroatoms. The van der Waals surface area contributed by atoms with Crippen molar-refractivity contribution in [2.75, 3.05) is 6.61 Å². The molecule has 2 N–H and O–H groups in total. The number of carbonyl (C=O) groups excluding carboxylic acids is 1. The van der Waals surface area contributed by atoms with Gasteiger partial charge in [0.25, 0.3) is 0 Å². The minimum Gasteiger partial charge on any atom is -0.396 e. The lowest BCUT2D eigenvalue weighted by Crippen LogP contribution is -2.59. The number of rotatable bonds is 2. The van der Waals surface area contributed by atoms with Crippen LogP contribution in [0.5, 0.6) is 0 Å². The Bertz CT molecular complexity index is 250. The largest absolute Gasteiger partial charge is 0.396 e. The normalized spacial score (nSPS) is 42.0. The Morgan fingerprint density at radius 3 is 3.00 bits per heavy atom. The van der Waals surface area contributed by atoms with E-state index in [4.69, 9.17) is 5.11 Å². The van der Waals surface area contributed by atoms with Crippen LogP contribution in [0.3, 0.4) is 0 Å². The van der Waals surface area contributed by atoms with E-state index < -0.39 is 0 Å². The number of nitrogens with one attached hydrogen (secondary N) is 1. The zero-order valence-corrected chi connectivity index (χ0v) is 8.81. The van der Waals surface area contributed by atoms with E-state index in [2.05, 4.69) is 12.2 Å². The van der Waals surface area contributed by atoms with Crippen molar-refractivity contribution in [3.63, 3.8) is 0 Å². The highest BCUT2D eigenvalue weighted by molar-refractivity contribution is 5.78. The predicted octanol–water partition coefficient (Wildman–Crippen LogP) is 1.21. The van der Waals surface area contributed by atoms with Gasteiger partial charge in [-0.15, -0.1) is 0 Å². The lowest BCUT2D eigenvalue weighted by molar-refractivity contribution is -0.132. The molecule has 1 amide bonds. The summed E-state index contributed by atoms with van der Waals surface area (Å²) in [5, 5.41) is 12.1. The van der Waals surface area contributed by atoms with Crippen molar-refractivity contribution in [3.8, 4) is 0 Å². The molecule has 0 aromatic carbocycles. The highest BCUT2D eigenvalue weighted by Gasteiger charge is 2.47. The van der Waals surface area contributed by atoms with Gasteiger partial charge in [0.05, 0.1) is 0 Å². The Hall–Kier alpha value is -0.570. The molecule has 14 heavy (non-hydrogen) atoms. The van der Waals surface area contributed by atoms with Crippen molar-refractivity contribution in [1.82, 2.24) is 5.32 Å². The van der Waals surface area contributed by atoms with Crippen LogP contribution in [-0.2, 0) is 4.79 Å². The van der Waals surface area contributed by atoms with Crippen LogP contribution in [0.15, 0.2) is 0 Å². The third-order valence-electron chi connectivity index (χ3n) is 3.78. The molecule has 3 nitrogen and oxygen atoms in total. The SMILES string of the molecule is CC12CCCC(CCO)(C1)NC(=O)C2. The molecule has 1 saturated heterocycles. The molecule has 0 aromatic rings. The Labute approximate surface area is 84.9 Å². The molecule has 2 rings (SSSR count). The minimum absolute atomic E-state index is 0.0862. The summed E-state index contributed by atoms with van der Waals surface area (Å²) in [4.78, 5) is 11.6. The molecule has 0 aromatic heterocycles. The quantitative estimate of drug-likeness (QED) is 0.699. The number of amides is 1. The van der Waals surface area contributed by atoms with Crippen molar-refractivity contribution in [1.29, 1.82) is 0 Å². The van der Waals surface area contributed by atoms with E-state index in [0.29, 0.717) is 12.8 Å². The lowest BCUT2D eigenvalue weighted by Gasteiger charge is -2.51. The van der Waals surface area contributed by atoms with Gasteiger partial charge in [-0.3, -0.25) is 4.79 Å². The van der Waals surface area contributed by atoms with E-state index in [0.717, 1.165) is 19.3 Å². The van der Waals surface area contributed by atoms with Crippen LogP contribution >= 0.6 is 0 Å². The third-order valence-corrected chi connectivity index (χ3v) is 3.78. The molecule has 0 spiro atoms. The summed E-state index contributed by atoms with van der Waals surface area (Å²) in [6.45, 7) is 2.38. The number of aliphatic hydroxyl groups is 1. The second-order valence-electron chi connectivity index (χ2n) is 5.32. The number of aliphatic hydroxyl groups excluding tert-OH is 1. The molecule has 80 valence electrons. The number of carbonyl (C=O) groups is 1. The van der Waals surface area contributed by atoms with Gasteiger partial charge in [0, 0.05) is 18.6 Å². The summed E-state index contributed by atoms with van der Waals surface area (Å²) in [6, 6.07) is 0. The predicted molar refractivity (Wildman–Crippen MR) is 53.8 cm³/mol. The standard InChI is InChI=1S/C11H19NO2/c1-10-3-2-4-11(8-10,5-6-13)12-9(14)7-10/h13H,2-8H2,1H3,(H,12,14). The molecule has 2 bridgehead atoms. The van der Waals surface area contributed by atoms with Crippen LogP contribution in [0.1, 0.15) is 45.4 Å². The Morgan fingerprint density at radius 1 is 1.50 bits per heavy atom. The molecule has 0 radical (unpaired) electrons. The van der Waals surface area contributed by atoms with Crippen LogP contribution in [0, 0.1) is 5.41 Å². The lowest BCUT2D eigenvalue weighted by atomic mass is 9.62. The highest BCUT2D eigenvalue weighted by atomic mass is 16.3. The van der Waals surface area contributed by atoms with Gasteiger partial charge in [0.1, 0.15) is 0 Å². The highest BCUT2D eigenvalue weighted by Crippen LogP contribution is 2.47. The maximum absolute atomic E-state index is 11.6. The van der Waals surface area contributed by atoms with E-state index in [1.165, 1.54) is 6.42 Å². The Morgan fingerprint density at radius 2 is 2.29 bits per heavy atom. The molecular formula is C11H19NO2. The first-order valence-corrected chi connectivity index (χ1v) is 5.50.